The van der Waals surface area contributed by atoms with Crippen molar-refractivity contribution in [3.63, 3.8) is 0 Å². The van der Waals surface area contributed by atoms with Crippen LogP contribution in [-0.2, 0) is 0 Å². The zero-order valence-corrected chi connectivity index (χ0v) is 12.8. The standard InChI is InChI=1S/C12H7BrCl2N2O2/c1-19-9-3-2-6(13)4-7(9)10(18)8-5-16-12(15)17-11(8)14/h2-5H,1H3. The van der Waals surface area contributed by atoms with Gasteiger partial charge in [-0.25, -0.2) is 9.97 Å². The van der Waals surface area contributed by atoms with E-state index >= 15 is 0 Å². The Labute approximate surface area is 127 Å². The molecular formula is C12H7BrCl2N2O2. The number of hydrogen-bond acceptors (Lipinski definition) is 4. The van der Waals surface area contributed by atoms with Crippen LogP contribution in [0.15, 0.2) is 28.9 Å². The van der Waals surface area contributed by atoms with Gasteiger partial charge in [0.25, 0.3) is 0 Å². The minimum Gasteiger partial charge on any atom is -0.496 e. The van der Waals surface area contributed by atoms with Crippen LogP contribution in [0.1, 0.15) is 15.9 Å². The van der Waals surface area contributed by atoms with E-state index < -0.39 is 0 Å². The highest BCUT2D eigenvalue weighted by atomic mass is 79.9. The van der Waals surface area contributed by atoms with Crippen molar-refractivity contribution in [3.05, 3.63) is 50.4 Å². The molecule has 2 aromatic rings. The summed E-state index contributed by atoms with van der Waals surface area (Å²) in [5.41, 5.74) is 0.534. The van der Waals surface area contributed by atoms with Gasteiger partial charge in [0.2, 0.25) is 11.1 Å². The minimum absolute atomic E-state index is 0.00651. The van der Waals surface area contributed by atoms with Crippen molar-refractivity contribution in [2.75, 3.05) is 7.11 Å². The molecule has 0 atom stereocenters. The van der Waals surface area contributed by atoms with Crippen molar-refractivity contribution in [2.45, 2.75) is 0 Å². The summed E-state index contributed by atoms with van der Waals surface area (Å²) >= 11 is 14.8. The summed E-state index contributed by atoms with van der Waals surface area (Å²) in [4.78, 5) is 19.9. The summed E-state index contributed by atoms with van der Waals surface area (Å²) in [6.45, 7) is 0. The molecule has 0 aliphatic carbocycles. The molecular weight excluding hydrogens is 355 g/mol. The molecule has 0 saturated heterocycles. The van der Waals surface area contributed by atoms with Crippen LogP contribution < -0.4 is 4.74 Å². The fraction of sp³-hybridized carbons (Fsp3) is 0.0833. The van der Waals surface area contributed by atoms with E-state index in [4.69, 9.17) is 27.9 Å². The Kier molecular flexibility index (Phi) is 4.39. The van der Waals surface area contributed by atoms with E-state index in [9.17, 15) is 4.79 Å². The van der Waals surface area contributed by atoms with Gasteiger partial charge in [0, 0.05) is 10.7 Å². The van der Waals surface area contributed by atoms with Crippen LogP contribution in [0.3, 0.4) is 0 Å². The third-order valence-corrected chi connectivity index (χ3v) is 3.33. The predicted molar refractivity (Wildman–Crippen MR) is 76.2 cm³/mol. The Morgan fingerprint density at radius 2 is 2.05 bits per heavy atom. The highest BCUT2D eigenvalue weighted by Gasteiger charge is 2.19. The number of halogens is 3. The molecule has 0 radical (unpaired) electrons. The number of benzene rings is 1. The third kappa shape index (κ3) is 3.05. The number of ether oxygens (including phenoxy) is 1. The van der Waals surface area contributed by atoms with Crippen molar-refractivity contribution >= 4 is 44.9 Å². The van der Waals surface area contributed by atoms with Gasteiger partial charge in [-0.3, -0.25) is 4.79 Å². The number of rotatable bonds is 3. The topological polar surface area (TPSA) is 52.1 Å². The number of hydrogen-bond donors (Lipinski definition) is 0. The molecule has 1 aromatic heterocycles. The lowest BCUT2D eigenvalue weighted by Crippen LogP contribution is -2.06. The molecule has 0 bridgehead atoms. The number of carbonyl (C=O) groups excluding carboxylic acids is 1. The van der Waals surface area contributed by atoms with E-state index in [-0.39, 0.29) is 21.8 Å². The number of ketones is 1. The SMILES string of the molecule is COc1ccc(Br)cc1C(=O)c1cnc(Cl)nc1Cl. The van der Waals surface area contributed by atoms with E-state index in [1.165, 1.54) is 13.3 Å². The molecule has 0 aliphatic heterocycles. The average Bonchev–Trinajstić information content (AvgIpc) is 2.38. The molecule has 4 nitrogen and oxygen atoms in total. The summed E-state index contributed by atoms with van der Waals surface area (Å²) < 4.78 is 5.91. The number of carbonyl (C=O) groups is 1. The van der Waals surface area contributed by atoms with Gasteiger partial charge in [0.1, 0.15) is 10.9 Å². The van der Waals surface area contributed by atoms with Crippen LogP contribution in [0.5, 0.6) is 5.75 Å². The molecule has 0 aliphatic rings. The maximum Gasteiger partial charge on any atom is 0.223 e. The van der Waals surface area contributed by atoms with Gasteiger partial charge in [0.05, 0.1) is 18.2 Å². The van der Waals surface area contributed by atoms with Crippen molar-refractivity contribution in [2.24, 2.45) is 0 Å². The van der Waals surface area contributed by atoms with Crippen LogP contribution >= 0.6 is 39.1 Å². The number of aromatic nitrogens is 2. The highest BCUT2D eigenvalue weighted by Crippen LogP contribution is 2.27. The first-order chi connectivity index (χ1) is 9.02. The molecule has 0 N–H and O–H groups in total. The Hall–Kier alpha value is -1.17. The van der Waals surface area contributed by atoms with Gasteiger partial charge >= 0.3 is 0 Å². The Bertz CT molecular complexity index is 650. The van der Waals surface area contributed by atoms with Crippen LogP contribution in [0.25, 0.3) is 0 Å². The van der Waals surface area contributed by atoms with Crippen molar-refractivity contribution in [1.29, 1.82) is 0 Å². The van der Waals surface area contributed by atoms with Gasteiger partial charge in [-0.05, 0) is 29.8 Å². The lowest BCUT2D eigenvalue weighted by Gasteiger charge is -2.08. The first-order valence-electron chi connectivity index (χ1n) is 5.09. The summed E-state index contributed by atoms with van der Waals surface area (Å²) in [5.74, 6) is 0.110. The van der Waals surface area contributed by atoms with Gasteiger partial charge in [-0.2, -0.15) is 0 Å². The fourth-order valence-electron chi connectivity index (χ4n) is 1.50. The van der Waals surface area contributed by atoms with Crippen LogP contribution in [0.4, 0.5) is 0 Å². The number of methoxy groups -OCH3 is 1. The largest absolute Gasteiger partial charge is 0.496 e. The quantitative estimate of drug-likeness (QED) is 0.474. The average molecular weight is 362 g/mol. The van der Waals surface area contributed by atoms with Crippen LogP contribution in [-0.4, -0.2) is 22.9 Å². The van der Waals surface area contributed by atoms with Crippen molar-refractivity contribution in [3.8, 4) is 5.75 Å². The third-order valence-electron chi connectivity index (χ3n) is 2.36. The maximum absolute atomic E-state index is 12.4. The molecule has 7 heteroatoms. The Balaban J connectivity index is 2.52. The molecule has 1 heterocycles. The monoisotopic (exact) mass is 360 g/mol. The summed E-state index contributed by atoms with van der Waals surface area (Å²) in [7, 11) is 1.49. The lowest BCUT2D eigenvalue weighted by molar-refractivity contribution is 0.103. The zero-order chi connectivity index (χ0) is 14.0. The second-order valence-electron chi connectivity index (χ2n) is 3.52. The molecule has 0 saturated carbocycles. The highest BCUT2D eigenvalue weighted by molar-refractivity contribution is 9.10. The number of nitrogens with zero attached hydrogens (tertiary/aromatic N) is 2. The van der Waals surface area contributed by atoms with Gasteiger partial charge < -0.3 is 4.74 Å². The minimum atomic E-state index is -0.334. The molecule has 0 fully saturated rings. The molecule has 19 heavy (non-hydrogen) atoms. The summed E-state index contributed by atoms with van der Waals surface area (Å²) in [6.07, 6.45) is 1.29. The fourth-order valence-corrected chi connectivity index (χ4v) is 2.25. The maximum atomic E-state index is 12.4. The Morgan fingerprint density at radius 1 is 1.32 bits per heavy atom. The lowest BCUT2D eigenvalue weighted by atomic mass is 10.1. The van der Waals surface area contributed by atoms with Crippen LogP contribution in [0, 0.1) is 0 Å². The van der Waals surface area contributed by atoms with Crippen molar-refractivity contribution < 1.29 is 9.53 Å². The van der Waals surface area contributed by atoms with E-state index in [0.29, 0.717) is 11.3 Å². The summed E-state index contributed by atoms with van der Waals surface area (Å²) in [5, 5.41) is -0.00483. The van der Waals surface area contributed by atoms with Gasteiger partial charge in [-0.1, -0.05) is 27.5 Å². The molecule has 0 unspecified atom stereocenters. The smallest absolute Gasteiger partial charge is 0.223 e. The summed E-state index contributed by atoms with van der Waals surface area (Å²) in [6, 6.07) is 5.10. The van der Waals surface area contributed by atoms with E-state index in [1.54, 1.807) is 18.2 Å². The van der Waals surface area contributed by atoms with E-state index in [2.05, 4.69) is 25.9 Å². The first-order valence-corrected chi connectivity index (χ1v) is 6.64. The van der Waals surface area contributed by atoms with Gasteiger partial charge in [-0.15, -0.1) is 0 Å². The second kappa shape index (κ2) is 5.86. The second-order valence-corrected chi connectivity index (χ2v) is 5.13. The van der Waals surface area contributed by atoms with Crippen molar-refractivity contribution in [1.82, 2.24) is 9.97 Å². The van der Waals surface area contributed by atoms with Crippen LogP contribution in [0.2, 0.25) is 10.4 Å². The van der Waals surface area contributed by atoms with Gasteiger partial charge in [0.15, 0.2) is 0 Å². The first kappa shape index (κ1) is 14.2. The zero-order valence-electron chi connectivity index (χ0n) is 9.65. The normalized spacial score (nSPS) is 10.3. The molecule has 1 aromatic carbocycles. The molecule has 0 amide bonds. The Morgan fingerprint density at radius 3 is 2.68 bits per heavy atom. The molecule has 2 rings (SSSR count). The molecule has 98 valence electrons. The van der Waals surface area contributed by atoms with E-state index in [0.717, 1.165) is 4.47 Å². The molecule has 0 spiro atoms. The van der Waals surface area contributed by atoms with E-state index in [1.807, 2.05) is 0 Å². The predicted octanol–water partition coefficient (Wildman–Crippen LogP) is 3.79.